The van der Waals surface area contributed by atoms with Gasteiger partial charge >= 0.3 is 6.09 Å². The quantitative estimate of drug-likeness (QED) is 0.843. The molecule has 158 valence electrons. The van der Waals surface area contributed by atoms with Crippen LogP contribution < -0.4 is 10.1 Å². The summed E-state index contributed by atoms with van der Waals surface area (Å²) in [6.07, 6.45) is 4.43. The number of fused-ring (bicyclic) bond motifs is 2. The van der Waals surface area contributed by atoms with Gasteiger partial charge in [-0.25, -0.2) is 4.79 Å². The average molecular weight is 402 g/mol. The van der Waals surface area contributed by atoms with Gasteiger partial charge in [0.05, 0.1) is 19.1 Å². The van der Waals surface area contributed by atoms with E-state index >= 15 is 0 Å². The predicted molar refractivity (Wildman–Crippen MR) is 110 cm³/mol. The van der Waals surface area contributed by atoms with Gasteiger partial charge in [-0.2, -0.15) is 0 Å². The number of rotatable bonds is 3. The standard InChI is InChI=1S/C22H31N3O4/c1-3-29-21(27)25-12-4-11-24(13-14-25)16-7-9-22(10-8-16)18-15-17(28-2)5-6-19(18)23-20(22)26/h5-6,15-16H,3-4,7-14H2,1-2H3,(H,23,26). The van der Waals surface area contributed by atoms with E-state index in [9.17, 15) is 9.59 Å². The molecule has 0 atom stereocenters. The number of amides is 2. The van der Waals surface area contributed by atoms with E-state index in [1.165, 1.54) is 0 Å². The Bertz CT molecular complexity index is 773. The van der Waals surface area contributed by atoms with E-state index in [0.29, 0.717) is 19.2 Å². The van der Waals surface area contributed by atoms with Gasteiger partial charge in [0.25, 0.3) is 0 Å². The van der Waals surface area contributed by atoms with Crippen LogP contribution in [0.2, 0.25) is 0 Å². The monoisotopic (exact) mass is 401 g/mol. The molecular weight excluding hydrogens is 370 g/mol. The van der Waals surface area contributed by atoms with E-state index in [1.807, 2.05) is 30.0 Å². The smallest absolute Gasteiger partial charge is 0.409 e. The molecule has 7 heteroatoms. The SMILES string of the molecule is CCOC(=O)N1CCCN(C2CCC3(CC2)C(=O)Nc2ccc(OC)cc23)CC1. The molecule has 1 aromatic carbocycles. The normalized spacial score (nSPS) is 27.3. The summed E-state index contributed by atoms with van der Waals surface area (Å²) in [7, 11) is 1.66. The summed E-state index contributed by atoms with van der Waals surface area (Å²) in [5, 5.41) is 3.08. The molecule has 1 N–H and O–H groups in total. The fourth-order valence-corrected chi connectivity index (χ4v) is 5.18. The minimum Gasteiger partial charge on any atom is -0.497 e. The Morgan fingerprint density at radius 1 is 1.21 bits per heavy atom. The third-order valence-corrected chi connectivity index (χ3v) is 6.81. The number of hydrogen-bond acceptors (Lipinski definition) is 5. The van der Waals surface area contributed by atoms with Crippen molar-refractivity contribution in [1.29, 1.82) is 0 Å². The number of anilines is 1. The van der Waals surface area contributed by atoms with Crippen LogP contribution in [0.3, 0.4) is 0 Å². The fraction of sp³-hybridized carbons (Fsp3) is 0.636. The molecule has 2 fully saturated rings. The van der Waals surface area contributed by atoms with Gasteiger partial charge in [0, 0.05) is 37.9 Å². The molecule has 0 unspecified atom stereocenters. The highest BCUT2D eigenvalue weighted by Gasteiger charge is 2.49. The van der Waals surface area contributed by atoms with E-state index in [1.54, 1.807) is 7.11 Å². The molecule has 1 saturated heterocycles. The number of hydrogen-bond donors (Lipinski definition) is 1. The lowest BCUT2D eigenvalue weighted by Gasteiger charge is -2.40. The summed E-state index contributed by atoms with van der Waals surface area (Å²) in [4.78, 5) is 29.3. The van der Waals surface area contributed by atoms with Crippen molar-refractivity contribution in [3.63, 3.8) is 0 Å². The van der Waals surface area contributed by atoms with E-state index in [-0.39, 0.29) is 12.0 Å². The largest absolute Gasteiger partial charge is 0.497 e. The van der Waals surface area contributed by atoms with Crippen LogP contribution in [0, 0.1) is 0 Å². The number of carbonyl (C=O) groups excluding carboxylic acids is 2. The summed E-state index contributed by atoms with van der Waals surface area (Å²) in [5.74, 6) is 0.928. The molecule has 0 bridgehead atoms. The topological polar surface area (TPSA) is 71.1 Å². The van der Waals surface area contributed by atoms with Crippen LogP contribution in [0.1, 0.15) is 44.6 Å². The van der Waals surface area contributed by atoms with Gasteiger partial charge in [0.2, 0.25) is 5.91 Å². The third kappa shape index (κ3) is 3.68. The van der Waals surface area contributed by atoms with E-state index < -0.39 is 5.41 Å². The lowest BCUT2D eigenvalue weighted by Crippen LogP contribution is -2.46. The van der Waals surface area contributed by atoms with Crippen LogP contribution >= 0.6 is 0 Å². The Balaban J connectivity index is 1.41. The highest BCUT2D eigenvalue weighted by molar-refractivity contribution is 6.06. The van der Waals surface area contributed by atoms with Crippen molar-refractivity contribution < 1.29 is 19.1 Å². The minimum atomic E-state index is -0.427. The molecule has 0 radical (unpaired) electrons. The average Bonchev–Trinajstić information content (AvgIpc) is 2.90. The van der Waals surface area contributed by atoms with Crippen LogP contribution in [-0.4, -0.2) is 67.7 Å². The number of methoxy groups -OCH3 is 1. The molecule has 1 aromatic rings. The Labute approximate surface area is 172 Å². The van der Waals surface area contributed by atoms with E-state index in [0.717, 1.165) is 68.7 Å². The molecule has 2 heterocycles. The molecule has 7 nitrogen and oxygen atoms in total. The van der Waals surface area contributed by atoms with Crippen molar-refractivity contribution in [2.45, 2.75) is 50.5 Å². The summed E-state index contributed by atoms with van der Waals surface area (Å²) in [6.45, 7) is 5.57. The summed E-state index contributed by atoms with van der Waals surface area (Å²) in [6, 6.07) is 6.34. The maximum atomic E-state index is 12.9. The Hall–Kier alpha value is -2.28. The highest BCUT2D eigenvalue weighted by atomic mass is 16.6. The van der Waals surface area contributed by atoms with Crippen LogP contribution in [0.15, 0.2) is 18.2 Å². The van der Waals surface area contributed by atoms with Crippen molar-refractivity contribution in [3.8, 4) is 5.75 Å². The zero-order chi connectivity index (χ0) is 20.4. The molecule has 3 aliphatic rings. The van der Waals surface area contributed by atoms with Crippen LogP contribution in [-0.2, 0) is 14.9 Å². The Kier molecular flexibility index (Phi) is 5.67. The first-order valence-electron chi connectivity index (χ1n) is 10.7. The maximum Gasteiger partial charge on any atom is 0.409 e. The second-order valence-electron chi connectivity index (χ2n) is 8.25. The van der Waals surface area contributed by atoms with Crippen molar-refractivity contribution in [2.24, 2.45) is 0 Å². The molecular formula is C22H31N3O4. The highest BCUT2D eigenvalue weighted by Crippen LogP contribution is 2.49. The first-order chi connectivity index (χ1) is 14.1. The second kappa shape index (κ2) is 8.22. The molecule has 1 aliphatic carbocycles. The van der Waals surface area contributed by atoms with Gasteiger partial charge < -0.3 is 19.7 Å². The van der Waals surface area contributed by atoms with Gasteiger partial charge in [0.1, 0.15) is 5.75 Å². The number of benzene rings is 1. The van der Waals surface area contributed by atoms with E-state index in [2.05, 4.69) is 10.2 Å². The maximum absolute atomic E-state index is 12.9. The first kappa shape index (κ1) is 20.0. The number of nitrogens with zero attached hydrogens (tertiary/aromatic N) is 2. The fourth-order valence-electron chi connectivity index (χ4n) is 5.18. The molecule has 0 aromatic heterocycles. The third-order valence-electron chi connectivity index (χ3n) is 6.81. The summed E-state index contributed by atoms with van der Waals surface area (Å²) < 4.78 is 10.6. The second-order valence-corrected chi connectivity index (χ2v) is 8.25. The zero-order valence-electron chi connectivity index (χ0n) is 17.4. The molecule has 2 aliphatic heterocycles. The number of nitrogens with one attached hydrogen (secondary N) is 1. The number of ether oxygens (including phenoxy) is 2. The van der Waals surface area contributed by atoms with Crippen molar-refractivity contribution in [3.05, 3.63) is 23.8 Å². The molecule has 1 spiro atoms. The zero-order valence-corrected chi connectivity index (χ0v) is 17.4. The molecule has 29 heavy (non-hydrogen) atoms. The predicted octanol–water partition coefficient (Wildman–Crippen LogP) is 2.99. The first-order valence-corrected chi connectivity index (χ1v) is 10.7. The Morgan fingerprint density at radius 3 is 2.72 bits per heavy atom. The van der Waals surface area contributed by atoms with Gasteiger partial charge in [-0.05, 0) is 62.8 Å². The molecule has 4 rings (SSSR count). The van der Waals surface area contributed by atoms with Crippen LogP contribution in [0.4, 0.5) is 10.5 Å². The van der Waals surface area contributed by atoms with Gasteiger partial charge in [-0.1, -0.05) is 0 Å². The van der Waals surface area contributed by atoms with Crippen molar-refractivity contribution in [2.75, 3.05) is 45.2 Å². The van der Waals surface area contributed by atoms with E-state index in [4.69, 9.17) is 9.47 Å². The lowest BCUT2D eigenvalue weighted by atomic mass is 9.68. The summed E-state index contributed by atoms with van der Waals surface area (Å²) >= 11 is 0. The lowest BCUT2D eigenvalue weighted by molar-refractivity contribution is -0.122. The van der Waals surface area contributed by atoms with Crippen LogP contribution in [0.5, 0.6) is 5.75 Å². The minimum absolute atomic E-state index is 0.128. The molecule has 1 saturated carbocycles. The van der Waals surface area contributed by atoms with Crippen molar-refractivity contribution >= 4 is 17.7 Å². The van der Waals surface area contributed by atoms with Gasteiger partial charge in [0.15, 0.2) is 0 Å². The van der Waals surface area contributed by atoms with Crippen LogP contribution in [0.25, 0.3) is 0 Å². The Morgan fingerprint density at radius 2 is 2.00 bits per heavy atom. The van der Waals surface area contributed by atoms with Gasteiger partial charge in [-0.15, -0.1) is 0 Å². The number of carbonyl (C=O) groups is 2. The van der Waals surface area contributed by atoms with Gasteiger partial charge in [-0.3, -0.25) is 9.69 Å². The molecule has 2 amide bonds. The van der Waals surface area contributed by atoms with Crippen molar-refractivity contribution in [1.82, 2.24) is 9.80 Å². The summed E-state index contributed by atoms with van der Waals surface area (Å²) in [5.41, 5.74) is 1.59.